The Morgan fingerprint density at radius 3 is 3.00 bits per heavy atom. The molecule has 1 atom stereocenters. The van der Waals surface area contributed by atoms with Gasteiger partial charge in [-0.15, -0.1) is 0 Å². The lowest BCUT2D eigenvalue weighted by atomic mass is 10.1. The van der Waals surface area contributed by atoms with Crippen molar-refractivity contribution in [3.63, 3.8) is 0 Å². The lowest BCUT2D eigenvalue weighted by Crippen LogP contribution is -2.17. The summed E-state index contributed by atoms with van der Waals surface area (Å²) in [6, 6.07) is 1.51. The van der Waals surface area contributed by atoms with E-state index in [0.29, 0.717) is 17.6 Å². The second kappa shape index (κ2) is 4.04. The van der Waals surface area contributed by atoms with Crippen molar-refractivity contribution in [2.75, 3.05) is 11.9 Å². The zero-order valence-corrected chi connectivity index (χ0v) is 9.21. The average molecular weight is 207 g/mol. The molecule has 2 rings (SSSR count). The van der Waals surface area contributed by atoms with Crippen LogP contribution in [0.5, 0.6) is 0 Å². The molecule has 0 spiro atoms. The summed E-state index contributed by atoms with van der Waals surface area (Å²) in [7, 11) is 0. The number of nitrogens with zero attached hydrogens (tertiary/aromatic N) is 1. The maximum Gasteiger partial charge on any atom is 0.252 e. The molecular formula is C11H17N3O. The minimum absolute atomic E-state index is 0.0934. The first-order chi connectivity index (χ1) is 7.15. The molecule has 0 saturated heterocycles. The summed E-state index contributed by atoms with van der Waals surface area (Å²) in [5, 5.41) is 3.22. The Hall–Kier alpha value is -1.32. The third-order valence-corrected chi connectivity index (χ3v) is 2.89. The fourth-order valence-corrected chi connectivity index (χ4v) is 1.77. The van der Waals surface area contributed by atoms with Gasteiger partial charge in [0.05, 0.1) is 0 Å². The summed E-state index contributed by atoms with van der Waals surface area (Å²) in [5.41, 5.74) is -0.0934. The van der Waals surface area contributed by atoms with Gasteiger partial charge in [-0.25, -0.2) is 4.98 Å². The molecule has 1 aromatic rings. The van der Waals surface area contributed by atoms with Gasteiger partial charge in [0.15, 0.2) is 0 Å². The maximum atomic E-state index is 11.2. The highest BCUT2D eigenvalue weighted by molar-refractivity contribution is 5.32. The van der Waals surface area contributed by atoms with Gasteiger partial charge < -0.3 is 10.3 Å². The molecule has 0 aliphatic heterocycles. The quantitative estimate of drug-likeness (QED) is 0.787. The summed E-state index contributed by atoms with van der Waals surface area (Å²) in [4.78, 5) is 18.0. The first-order valence-electron chi connectivity index (χ1n) is 5.47. The highest BCUT2D eigenvalue weighted by atomic mass is 16.1. The van der Waals surface area contributed by atoms with E-state index < -0.39 is 0 Å². The van der Waals surface area contributed by atoms with Crippen LogP contribution in [0, 0.1) is 18.8 Å². The Balaban J connectivity index is 1.94. The fourth-order valence-electron chi connectivity index (χ4n) is 1.77. The fraction of sp³-hybridized carbons (Fsp3) is 0.636. The number of nitrogens with one attached hydrogen (secondary N) is 2. The molecule has 1 aromatic heterocycles. The van der Waals surface area contributed by atoms with E-state index in [1.54, 1.807) is 6.92 Å². The van der Waals surface area contributed by atoms with Gasteiger partial charge in [-0.3, -0.25) is 4.79 Å². The van der Waals surface area contributed by atoms with E-state index in [9.17, 15) is 4.79 Å². The third-order valence-electron chi connectivity index (χ3n) is 2.89. The molecule has 4 heteroatoms. The number of H-pyrrole nitrogens is 1. The maximum absolute atomic E-state index is 11.2. The van der Waals surface area contributed by atoms with Crippen molar-refractivity contribution < 1.29 is 0 Å². The number of aromatic amines is 1. The zero-order chi connectivity index (χ0) is 10.8. The van der Waals surface area contributed by atoms with E-state index in [0.717, 1.165) is 12.5 Å². The van der Waals surface area contributed by atoms with Crippen molar-refractivity contribution >= 4 is 5.82 Å². The van der Waals surface area contributed by atoms with E-state index in [-0.39, 0.29) is 5.56 Å². The predicted octanol–water partition coefficient (Wildman–Crippen LogP) is 1.54. The molecule has 0 radical (unpaired) electrons. The van der Waals surface area contributed by atoms with Crippen LogP contribution < -0.4 is 10.9 Å². The number of hydrogen-bond donors (Lipinski definition) is 2. The molecule has 0 aromatic carbocycles. The van der Waals surface area contributed by atoms with Crippen molar-refractivity contribution in [1.82, 2.24) is 9.97 Å². The van der Waals surface area contributed by atoms with E-state index in [1.165, 1.54) is 18.9 Å². The van der Waals surface area contributed by atoms with E-state index >= 15 is 0 Å². The molecule has 1 saturated carbocycles. The zero-order valence-electron chi connectivity index (χ0n) is 9.21. The molecule has 1 aliphatic rings. The Labute approximate surface area is 89.1 Å². The molecule has 4 nitrogen and oxygen atoms in total. The SMILES string of the molecule is Cc1nc(NCC(C)C2CC2)cc(=O)[nH]1. The smallest absolute Gasteiger partial charge is 0.252 e. The number of aromatic nitrogens is 2. The Kier molecular flexibility index (Phi) is 2.75. The van der Waals surface area contributed by atoms with E-state index in [2.05, 4.69) is 22.2 Å². The molecule has 1 heterocycles. The predicted molar refractivity (Wildman–Crippen MR) is 60.0 cm³/mol. The Morgan fingerprint density at radius 2 is 2.40 bits per heavy atom. The van der Waals surface area contributed by atoms with Crippen LogP contribution in [0.3, 0.4) is 0 Å². The topological polar surface area (TPSA) is 57.8 Å². The summed E-state index contributed by atoms with van der Waals surface area (Å²) >= 11 is 0. The van der Waals surface area contributed by atoms with E-state index in [1.807, 2.05) is 0 Å². The van der Waals surface area contributed by atoms with Crippen LogP contribution in [0.1, 0.15) is 25.6 Å². The number of anilines is 1. The minimum atomic E-state index is -0.0934. The second-order valence-electron chi connectivity index (χ2n) is 4.41. The average Bonchev–Trinajstić information content (AvgIpc) is 2.95. The summed E-state index contributed by atoms with van der Waals surface area (Å²) < 4.78 is 0. The normalized spacial score (nSPS) is 17.5. The van der Waals surface area contributed by atoms with Crippen LogP contribution in [0.2, 0.25) is 0 Å². The lowest BCUT2D eigenvalue weighted by Gasteiger charge is -2.11. The van der Waals surface area contributed by atoms with Crippen LogP contribution >= 0.6 is 0 Å². The molecule has 82 valence electrons. The highest BCUT2D eigenvalue weighted by Crippen LogP contribution is 2.36. The largest absolute Gasteiger partial charge is 0.370 e. The van der Waals surface area contributed by atoms with Crippen molar-refractivity contribution in [1.29, 1.82) is 0 Å². The molecule has 15 heavy (non-hydrogen) atoms. The van der Waals surface area contributed by atoms with Crippen molar-refractivity contribution in [2.24, 2.45) is 11.8 Å². The lowest BCUT2D eigenvalue weighted by molar-refractivity contribution is 0.535. The number of aryl methyl sites for hydroxylation is 1. The number of rotatable bonds is 4. The molecule has 2 N–H and O–H groups in total. The third kappa shape index (κ3) is 2.81. The van der Waals surface area contributed by atoms with Gasteiger partial charge in [0.2, 0.25) is 0 Å². The van der Waals surface area contributed by atoms with Gasteiger partial charge in [-0.2, -0.15) is 0 Å². The first-order valence-corrected chi connectivity index (χ1v) is 5.47. The highest BCUT2D eigenvalue weighted by Gasteiger charge is 2.27. The van der Waals surface area contributed by atoms with Gasteiger partial charge >= 0.3 is 0 Å². The van der Waals surface area contributed by atoms with Crippen LogP contribution in [0.4, 0.5) is 5.82 Å². The standard InChI is InChI=1S/C11H17N3O/c1-7(9-3-4-9)6-12-10-5-11(15)14-8(2)13-10/h5,7,9H,3-4,6H2,1-2H3,(H2,12,13,14,15). The molecule has 0 bridgehead atoms. The van der Waals surface area contributed by atoms with E-state index in [4.69, 9.17) is 0 Å². The van der Waals surface area contributed by atoms with Crippen molar-refractivity contribution in [3.05, 3.63) is 22.2 Å². The number of hydrogen-bond acceptors (Lipinski definition) is 3. The first kappa shape index (κ1) is 10.2. The molecule has 1 aliphatic carbocycles. The van der Waals surface area contributed by atoms with Crippen molar-refractivity contribution in [3.8, 4) is 0 Å². The second-order valence-corrected chi connectivity index (χ2v) is 4.41. The van der Waals surface area contributed by atoms with Crippen LogP contribution in [-0.4, -0.2) is 16.5 Å². The van der Waals surface area contributed by atoms with Crippen LogP contribution in [0.25, 0.3) is 0 Å². The summed E-state index contributed by atoms with van der Waals surface area (Å²) in [5.74, 6) is 2.89. The van der Waals surface area contributed by atoms with Gasteiger partial charge in [-0.05, 0) is 31.6 Å². The molecular weight excluding hydrogens is 190 g/mol. The van der Waals surface area contributed by atoms with Crippen molar-refractivity contribution in [2.45, 2.75) is 26.7 Å². The Morgan fingerprint density at radius 1 is 1.67 bits per heavy atom. The van der Waals surface area contributed by atoms with Gasteiger partial charge in [0.25, 0.3) is 5.56 Å². The molecule has 1 unspecified atom stereocenters. The van der Waals surface area contributed by atoms with Crippen LogP contribution in [0.15, 0.2) is 10.9 Å². The molecule has 1 fully saturated rings. The minimum Gasteiger partial charge on any atom is -0.370 e. The monoisotopic (exact) mass is 207 g/mol. The summed E-state index contributed by atoms with van der Waals surface area (Å²) in [6.07, 6.45) is 2.70. The van der Waals surface area contributed by atoms with Crippen LogP contribution in [-0.2, 0) is 0 Å². The summed E-state index contributed by atoms with van der Waals surface area (Å²) in [6.45, 7) is 4.93. The van der Waals surface area contributed by atoms with Gasteiger partial charge in [-0.1, -0.05) is 6.92 Å². The molecule has 0 amide bonds. The van der Waals surface area contributed by atoms with Gasteiger partial charge in [0, 0.05) is 12.6 Å². The Bertz CT molecular complexity index is 395. The van der Waals surface area contributed by atoms with Gasteiger partial charge in [0.1, 0.15) is 11.6 Å².